The van der Waals surface area contributed by atoms with Gasteiger partial charge in [0.1, 0.15) is 5.75 Å². The molecule has 2 nitrogen and oxygen atoms in total. The molecular formula is C20H25O2P. The zero-order valence-electron chi connectivity index (χ0n) is 14.8. The minimum atomic E-state index is 0.144. The largest absolute Gasteiger partial charge is 0.494 e. The van der Waals surface area contributed by atoms with Crippen molar-refractivity contribution in [2.24, 2.45) is 0 Å². The highest BCUT2D eigenvalue weighted by molar-refractivity contribution is 7.66. The van der Waals surface area contributed by atoms with E-state index in [1.165, 1.54) is 11.1 Å². The molecule has 2 rings (SSSR count). The fourth-order valence-electron chi connectivity index (χ4n) is 2.85. The van der Waals surface area contributed by atoms with E-state index in [2.05, 4.69) is 26.8 Å². The first kappa shape index (κ1) is 17.7. The SMILES string of the molecule is CCOc1ccc(PC(=O)c2c(C)cc(C)c(C)c2C)c(C)c1. The van der Waals surface area contributed by atoms with E-state index in [4.69, 9.17) is 4.74 Å². The van der Waals surface area contributed by atoms with Gasteiger partial charge in [0.05, 0.1) is 6.61 Å². The molecule has 0 spiro atoms. The third-order valence-corrected chi connectivity index (χ3v) is 5.65. The summed E-state index contributed by atoms with van der Waals surface area (Å²) in [6.45, 7) is 12.9. The van der Waals surface area contributed by atoms with Crippen LogP contribution in [-0.4, -0.2) is 12.1 Å². The number of carbonyl (C=O) groups excluding carboxylic acids is 1. The number of hydrogen-bond acceptors (Lipinski definition) is 2. The average Bonchev–Trinajstić information content (AvgIpc) is 2.48. The summed E-state index contributed by atoms with van der Waals surface area (Å²) in [5.74, 6) is 0.865. The Kier molecular flexibility index (Phi) is 5.59. The van der Waals surface area contributed by atoms with Crippen molar-refractivity contribution in [3.63, 3.8) is 0 Å². The van der Waals surface area contributed by atoms with Crippen LogP contribution >= 0.6 is 8.58 Å². The maximum Gasteiger partial charge on any atom is 0.186 e. The Hall–Kier alpha value is -1.66. The van der Waals surface area contributed by atoms with Crippen LogP contribution in [0, 0.1) is 34.6 Å². The molecule has 0 aliphatic rings. The van der Waals surface area contributed by atoms with E-state index in [0.29, 0.717) is 6.61 Å². The summed E-state index contributed by atoms with van der Waals surface area (Å²) in [4.78, 5) is 12.9. The van der Waals surface area contributed by atoms with Gasteiger partial charge in [0.2, 0.25) is 0 Å². The molecule has 1 unspecified atom stereocenters. The molecule has 23 heavy (non-hydrogen) atoms. The van der Waals surface area contributed by atoms with Crippen molar-refractivity contribution in [1.82, 2.24) is 0 Å². The highest BCUT2D eigenvalue weighted by Gasteiger charge is 2.16. The van der Waals surface area contributed by atoms with Crippen LogP contribution in [0.5, 0.6) is 5.75 Å². The second-order valence-corrected chi connectivity index (χ2v) is 7.24. The Morgan fingerprint density at radius 2 is 1.65 bits per heavy atom. The molecule has 0 saturated heterocycles. The number of aryl methyl sites for hydroxylation is 3. The zero-order chi connectivity index (χ0) is 17.1. The summed E-state index contributed by atoms with van der Waals surface area (Å²) in [5.41, 5.74) is 6.87. The van der Waals surface area contributed by atoms with Crippen molar-refractivity contribution < 1.29 is 9.53 Å². The highest BCUT2D eigenvalue weighted by Crippen LogP contribution is 2.29. The zero-order valence-corrected chi connectivity index (χ0v) is 15.8. The van der Waals surface area contributed by atoms with Crippen molar-refractivity contribution in [3.8, 4) is 5.75 Å². The van der Waals surface area contributed by atoms with Crippen LogP contribution in [0.4, 0.5) is 0 Å². The van der Waals surface area contributed by atoms with Crippen LogP contribution in [0.2, 0.25) is 0 Å². The summed E-state index contributed by atoms with van der Waals surface area (Å²) in [7, 11) is 0.144. The molecule has 0 aliphatic carbocycles. The van der Waals surface area contributed by atoms with E-state index in [9.17, 15) is 4.79 Å². The second-order valence-electron chi connectivity index (χ2n) is 6.00. The Labute approximate surface area is 141 Å². The van der Waals surface area contributed by atoms with Gasteiger partial charge in [-0.3, -0.25) is 4.79 Å². The number of ether oxygens (including phenoxy) is 1. The van der Waals surface area contributed by atoms with E-state index < -0.39 is 0 Å². The van der Waals surface area contributed by atoms with Gasteiger partial charge in [-0.2, -0.15) is 0 Å². The van der Waals surface area contributed by atoms with Gasteiger partial charge in [-0.05, 0) is 95.4 Å². The topological polar surface area (TPSA) is 26.3 Å². The van der Waals surface area contributed by atoms with Crippen LogP contribution in [-0.2, 0) is 0 Å². The Morgan fingerprint density at radius 1 is 0.957 bits per heavy atom. The molecule has 0 amide bonds. The van der Waals surface area contributed by atoms with Gasteiger partial charge >= 0.3 is 0 Å². The maximum atomic E-state index is 12.9. The number of hydrogen-bond donors (Lipinski definition) is 0. The molecule has 3 heteroatoms. The number of benzene rings is 2. The lowest BCUT2D eigenvalue weighted by molar-refractivity contribution is 0.108. The third-order valence-electron chi connectivity index (χ3n) is 4.34. The predicted octanol–water partition coefficient (Wildman–Crippen LogP) is 4.77. The van der Waals surface area contributed by atoms with E-state index in [1.54, 1.807) is 0 Å². The molecule has 0 saturated carbocycles. The van der Waals surface area contributed by atoms with Crippen LogP contribution in [0.3, 0.4) is 0 Å². The molecular weight excluding hydrogens is 303 g/mol. The summed E-state index contributed by atoms with van der Waals surface area (Å²) in [6.07, 6.45) is 0. The molecule has 0 aromatic heterocycles. The van der Waals surface area contributed by atoms with Gasteiger partial charge in [-0.15, -0.1) is 0 Å². The van der Waals surface area contributed by atoms with E-state index in [0.717, 1.165) is 33.3 Å². The molecule has 0 N–H and O–H groups in total. The van der Waals surface area contributed by atoms with E-state index >= 15 is 0 Å². The Morgan fingerprint density at radius 3 is 2.26 bits per heavy atom. The van der Waals surface area contributed by atoms with Gasteiger partial charge < -0.3 is 4.74 Å². The Bertz CT molecular complexity index is 748. The van der Waals surface area contributed by atoms with Crippen molar-refractivity contribution in [2.75, 3.05) is 6.61 Å². The minimum Gasteiger partial charge on any atom is -0.494 e. The average molecular weight is 328 g/mol. The van der Waals surface area contributed by atoms with Gasteiger partial charge in [0.25, 0.3) is 0 Å². The van der Waals surface area contributed by atoms with Crippen LogP contribution in [0.25, 0.3) is 0 Å². The lowest BCUT2D eigenvalue weighted by Crippen LogP contribution is -2.09. The molecule has 0 heterocycles. The summed E-state index contributed by atoms with van der Waals surface area (Å²) < 4.78 is 5.52. The van der Waals surface area contributed by atoms with E-state index in [-0.39, 0.29) is 14.1 Å². The van der Waals surface area contributed by atoms with Crippen molar-refractivity contribution >= 4 is 19.4 Å². The molecule has 0 fully saturated rings. The lowest BCUT2D eigenvalue weighted by atomic mass is 9.95. The molecule has 1 atom stereocenters. The molecule has 0 bridgehead atoms. The van der Waals surface area contributed by atoms with Crippen molar-refractivity contribution in [1.29, 1.82) is 0 Å². The highest BCUT2D eigenvalue weighted by atomic mass is 31.1. The summed E-state index contributed by atoms with van der Waals surface area (Å²) >= 11 is 0. The van der Waals surface area contributed by atoms with Crippen LogP contribution in [0.1, 0.15) is 45.1 Å². The molecule has 2 aromatic carbocycles. The molecule has 2 aromatic rings. The Balaban J connectivity index is 2.32. The quantitative estimate of drug-likeness (QED) is 0.739. The van der Waals surface area contributed by atoms with Gasteiger partial charge in [-0.1, -0.05) is 12.1 Å². The lowest BCUT2D eigenvalue weighted by Gasteiger charge is -2.15. The monoisotopic (exact) mass is 328 g/mol. The first-order valence-corrected chi connectivity index (χ1v) is 8.97. The second kappa shape index (κ2) is 7.27. The minimum absolute atomic E-state index is 0.144. The van der Waals surface area contributed by atoms with Gasteiger partial charge in [-0.25, -0.2) is 0 Å². The standard InChI is InChI=1S/C20H25O2P/c1-7-22-17-8-9-18(13(3)11-17)23-20(21)19-14(4)10-12(2)15(5)16(19)6/h8-11,23H,7H2,1-6H3. The first-order chi connectivity index (χ1) is 10.8. The molecule has 0 aliphatic heterocycles. The van der Waals surface area contributed by atoms with Crippen LogP contribution < -0.4 is 10.0 Å². The summed E-state index contributed by atoms with van der Waals surface area (Å²) in [5, 5.41) is 1.09. The fraction of sp³-hybridized carbons (Fsp3) is 0.350. The first-order valence-electron chi connectivity index (χ1n) is 7.97. The van der Waals surface area contributed by atoms with Crippen LogP contribution in [0.15, 0.2) is 24.3 Å². The fourth-order valence-corrected chi connectivity index (χ4v) is 4.04. The number of carbonyl (C=O) groups is 1. The van der Waals surface area contributed by atoms with Gasteiger partial charge in [0.15, 0.2) is 5.52 Å². The molecule has 0 radical (unpaired) electrons. The maximum absolute atomic E-state index is 12.9. The number of rotatable bonds is 5. The third kappa shape index (κ3) is 3.82. The predicted molar refractivity (Wildman–Crippen MR) is 100 cm³/mol. The van der Waals surface area contributed by atoms with Crippen molar-refractivity contribution in [2.45, 2.75) is 41.5 Å². The smallest absolute Gasteiger partial charge is 0.186 e. The summed E-state index contributed by atoms with van der Waals surface area (Å²) in [6, 6.07) is 8.10. The normalized spacial score (nSPS) is 11.2. The van der Waals surface area contributed by atoms with E-state index in [1.807, 2.05) is 39.0 Å². The van der Waals surface area contributed by atoms with Gasteiger partial charge in [0, 0.05) is 5.56 Å². The van der Waals surface area contributed by atoms with Crippen molar-refractivity contribution in [3.05, 3.63) is 57.6 Å². The molecule has 122 valence electrons.